The zero-order valence-corrected chi connectivity index (χ0v) is 23.9. The molecule has 4 rings (SSSR count). The van der Waals surface area contributed by atoms with Gasteiger partial charge in [0.05, 0.1) is 9.85 Å². The summed E-state index contributed by atoms with van der Waals surface area (Å²) in [6.07, 6.45) is 2.94. The van der Waals surface area contributed by atoms with Crippen LogP contribution in [0.25, 0.3) is 0 Å². The quantitative estimate of drug-likeness (QED) is 0.204. The molecule has 1 atom stereocenters. The van der Waals surface area contributed by atoms with Crippen molar-refractivity contribution in [3.8, 4) is 0 Å². The Morgan fingerprint density at radius 2 is 1.40 bits per heavy atom. The maximum absolute atomic E-state index is 12.7. The number of nitrogens with zero attached hydrogens (tertiary/aromatic N) is 4. The Bertz CT molecular complexity index is 1250. The summed E-state index contributed by atoms with van der Waals surface area (Å²) in [6.45, 7) is 1.57. The lowest BCUT2D eigenvalue weighted by Gasteiger charge is -2.33. The largest absolute Gasteiger partial charge is 0.445 e. The van der Waals surface area contributed by atoms with Crippen LogP contribution < -0.4 is 0 Å². The number of rotatable bonds is 11. The lowest BCUT2D eigenvalue weighted by atomic mass is 10.1. The van der Waals surface area contributed by atoms with E-state index in [9.17, 15) is 34.9 Å². The number of amides is 2. The van der Waals surface area contributed by atoms with Crippen molar-refractivity contribution in [1.82, 2.24) is 9.80 Å². The van der Waals surface area contributed by atoms with E-state index in [4.69, 9.17) is 9.47 Å². The van der Waals surface area contributed by atoms with Crippen LogP contribution in [-0.4, -0.2) is 73.3 Å². The summed E-state index contributed by atoms with van der Waals surface area (Å²) in [7, 11) is 0. The Hall–Kier alpha value is -3.91. The van der Waals surface area contributed by atoms with E-state index in [1.807, 2.05) is 0 Å². The van der Waals surface area contributed by atoms with Crippen molar-refractivity contribution in [2.24, 2.45) is 0 Å². The third-order valence-corrected chi connectivity index (χ3v) is 8.94. The number of hydrogen-bond donors (Lipinski definition) is 1. The van der Waals surface area contributed by atoms with Gasteiger partial charge in [-0.1, -0.05) is 0 Å². The number of carbonyl (C=O) groups excluding carboxylic acids is 2. The molecule has 2 saturated heterocycles. The van der Waals surface area contributed by atoms with Crippen LogP contribution in [0, 0.1) is 20.2 Å². The minimum Gasteiger partial charge on any atom is -0.445 e. The zero-order valence-electron chi connectivity index (χ0n) is 23.1. The molecule has 2 aromatic carbocycles. The van der Waals surface area contributed by atoms with Gasteiger partial charge in [0.1, 0.15) is 18.9 Å². The molecule has 0 unspecified atom stereocenters. The first-order valence-electron chi connectivity index (χ1n) is 13.8. The molecule has 2 aliphatic rings. The third kappa shape index (κ3) is 8.32. The Morgan fingerprint density at radius 1 is 0.881 bits per heavy atom. The number of ether oxygens (including phenoxy) is 2. The summed E-state index contributed by atoms with van der Waals surface area (Å²) >= 11 is 1.80. The number of benzene rings is 2. The minimum atomic E-state index is -1.26. The fraction of sp³-hybridized carbons (Fsp3) is 0.500. The molecule has 13 nitrogen and oxygen atoms in total. The number of non-ortho nitro benzene ring substituents is 2. The summed E-state index contributed by atoms with van der Waals surface area (Å²) in [4.78, 5) is 48.8. The van der Waals surface area contributed by atoms with Crippen LogP contribution in [-0.2, 0) is 22.7 Å². The first-order chi connectivity index (χ1) is 20.1. The van der Waals surface area contributed by atoms with Gasteiger partial charge in [-0.25, -0.2) is 9.59 Å². The van der Waals surface area contributed by atoms with Gasteiger partial charge >= 0.3 is 12.2 Å². The molecule has 0 saturated carbocycles. The van der Waals surface area contributed by atoms with E-state index < -0.39 is 27.8 Å². The molecule has 0 bridgehead atoms. The molecule has 226 valence electrons. The van der Waals surface area contributed by atoms with Crippen LogP contribution in [0.2, 0.25) is 0 Å². The first-order valence-corrected chi connectivity index (χ1v) is 14.9. The monoisotopic (exact) mass is 602 g/mol. The van der Waals surface area contributed by atoms with Gasteiger partial charge in [-0.15, -0.1) is 0 Å². The molecule has 0 aromatic heterocycles. The van der Waals surface area contributed by atoms with E-state index in [2.05, 4.69) is 0 Å². The molecule has 2 heterocycles. The molecule has 1 N–H and O–H groups in total. The van der Waals surface area contributed by atoms with Gasteiger partial charge in [-0.05, 0) is 79.7 Å². The average Bonchev–Trinajstić information content (AvgIpc) is 3.39. The molecule has 2 amide bonds. The highest BCUT2D eigenvalue weighted by Crippen LogP contribution is 2.33. The number of nitro groups is 2. The lowest BCUT2D eigenvalue weighted by molar-refractivity contribution is -0.385. The highest BCUT2D eigenvalue weighted by Gasteiger charge is 2.42. The molecule has 2 aliphatic heterocycles. The predicted octanol–water partition coefficient (Wildman–Crippen LogP) is 5.24. The van der Waals surface area contributed by atoms with Crippen LogP contribution in [0.4, 0.5) is 21.0 Å². The highest BCUT2D eigenvalue weighted by molar-refractivity contribution is 7.99. The van der Waals surface area contributed by atoms with Crippen molar-refractivity contribution in [2.45, 2.75) is 62.7 Å². The molecule has 0 spiro atoms. The van der Waals surface area contributed by atoms with Gasteiger partial charge in [0.15, 0.2) is 0 Å². The Labute approximate surface area is 247 Å². The molecule has 0 radical (unpaired) electrons. The SMILES string of the molecule is O=C(OCc1ccc([N+](=O)[O-])cc1)N1CCC(SCCC[C@]2(O)CCCN2C(=O)OCc2ccc([N+](=O)[O-])cc2)CC1. The predicted molar refractivity (Wildman–Crippen MR) is 154 cm³/mol. The summed E-state index contributed by atoms with van der Waals surface area (Å²) in [5.41, 5.74) is -0.0128. The van der Waals surface area contributed by atoms with E-state index in [1.165, 1.54) is 41.3 Å². The molecule has 2 aromatic rings. The number of likely N-dealkylation sites (tertiary alicyclic amines) is 2. The third-order valence-electron chi connectivity index (χ3n) is 7.48. The van der Waals surface area contributed by atoms with E-state index in [0.717, 1.165) is 18.6 Å². The Balaban J connectivity index is 1.12. The second kappa shape index (κ2) is 14.3. The van der Waals surface area contributed by atoms with E-state index >= 15 is 0 Å². The zero-order chi connectivity index (χ0) is 30.1. The topological polar surface area (TPSA) is 166 Å². The second-order valence-corrected chi connectivity index (χ2v) is 11.8. The standard InChI is InChI=1S/C28H34N4O9S/c33-26(40-19-21-3-7-23(8-4-21)31(36)37)29-16-11-25(12-17-29)42-18-2-14-28(35)13-1-15-30(28)27(34)41-20-22-5-9-24(10-6-22)32(38)39/h3-10,25,35H,1-2,11-20H2/t28-/m1/s1. The number of carbonyl (C=O) groups is 2. The maximum atomic E-state index is 12.7. The van der Waals surface area contributed by atoms with Gasteiger partial charge in [0, 0.05) is 49.1 Å². The molecular weight excluding hydrogens is 568 g/mol. The van der Waals surface area contributed by atoms with Crippen LogP contribution in [0.3, 0.4) is 0 Å². The van der Waals surface area contributed by atoms with Crippen LogP contribution in [0.15, 0.2) is 48.5 Å². The summed E-state index contributed by atoms with van der Waals surface area (Å²) in [6, 6.07) is 11.7. The highest BCUT2D eigenvalue weighted by atomic mass is 32.2. The van der Waals surface area contributed by atoms with Gasteiger partial charge < -0.3 is 19.5 Å². The first kappa shape index (κ1) is 31.0. The van der Waals surface area contributed by atoms with Crippen LogP contribution in [0.5, 0.6) is 0 Å². The van der Waals surface area contributed by atoms with Gasteiger partial charge in [0.25, 0.3) is 11.4 Å². The fourth-order valence-corrected chi connectivity index (χ4v) is 6.27. The summed E-state index contributed by atoms with van der Waals surface area (Å²) < 4.78 is 10.7. The molecule has 14 heteroatoms. The Kier molecular flexibility index (Phi) is 10.6. The van der Waals surface area contributed by atoms with Crippen molar-refractivity contribution in [1.29, 1.82) is 0 Å². The van der Waals surface area contributed by atoms with E-state index in [-0.39, 0.29) is 24.6 Å². The number of thioether (sulfide) groups is 1. The maximum Gasteiger partial charge on any atom is 0.412 e. The second-order valence-electron chi connectivity index (χ2n) is 10.4. The minimum absolute atomic E-state index is 0.0151. The summed E-state index contributed by atoms with van der Waals surface area (Å²) in [5.74, 6) is 0.809. The molecular formula is C28H34N4O9S. The fourth-order valence-electron chi connectivity index (χ4n) is 5.08. The van der Waals surface area contributed by atoms with Crippen molar-refractivity contribution < 1.29 is 34.0 Å². The average molecular weight is 603 g/mol. The van der Waals surface area contributed by atoms with E-state index in [1.54, 1.807) is 28.8 Å². The smallest absolute Gasteiger partial charge is 0.412 e. The number of aliphatic hydroxyl groups is 1. The van der Waals surface area contributed by atoms with Crippen molar-refractivity contribution >= 4 is 35.3 Å². The van der Waals surface area contributed by atoms with Crippen LogP contribution in [0.1, 0.15) is 49.7 Å². The van der Waals surface area contributed by atoms with Crippen LogP contribution >= 0.6 is 11.8 Å². The normalized spacial score (nSPS) is 19.0. The molecule has 42 heavy (non-hydrogen) atoms. The van der Waals surface area contributed by atoms with Gasteiger partial charge in [-0.2, -0.15) is 11.8 Å². The van der Waals surface area contributed by atoms with Crippen molar-refractivity contribution in [2.75, 3.05) is 25.4 Å². The summed E-state index contributed by atoms with van der Waals surface area (Å²) in [5, 5.41) is 33.1. The molecule has 0 aliphatic carbocycles. The Morgan fingerprint density at radius 3 is 1.93 bits per heavy atom. The lowest BCUT2D eigenvalue weighted by Crippen LogP contribution is -2.47. The van der Waals surface area contributed by atoms with Crippen molar-refractivity contribution in [3.05, 3.63) is 79.9 Å². The number of nitro benzene ring substituents is 2. The van der Waals surface area contributed by atoms with E-state index in [0.29, 0.717) is 61.7 Å². The van der Waals surface area contributed by atoms with Gasteiger partial charge in [0.2, 0.25) is 0 Å². The molecule has 2 fully saturated rings. The van der Waals surface area contributed by atoms with Crippen molar-refractivity contribution in [3.63, 3.8) is 0 Å². The van der Waals surface area contributed by atoms with Gasteiger partial charge in [-0.3, -0.25) is 25.1 Å². The number of piperidine rings is 1. The number of hydrogen-bond acceptors (Lipinski definition) is 10.